The van der Waals surface area contributed by atoms with E-state index in [2.05, 4.69) is 5.32 Å². The predicted octanol–water partition coefficient (Wildman–Crippen LogP) is 4.78. The van der Waals surface area contributed by atoms with Crippen LogP contribution in [0, 0.1) is 11.8 Å². The van der Waals surface area contributed by atoms with Crippen molar-refractivity contribution in [3.8, 4) is 22.8 Å². The monoisotopic (exact) mass is 640 g/mol. The van der Waals surface area contributed by atoms with Crippen LogP contribution < -0.4 is 14.8 Å². The number of aromatic nitrogens is 1. The van der Waals surface area contributed by atoms with Crippen molar-refractivity contribution in [2.75, 3.05) is 26.7 Å². The van der Waals surface area contributed by atoms with Crippen LogP contribution in [0.5, 0.6) is 11.5 Å². The first kappa shape index (κ1) is 32.5. The molecule has 6 rings (SSSR count). The summed E-state index contributed by atoms with van der Waals surface area (Å²) >= 11 is 0. The molecular formula is C37H44N4O6. The Hall–Kier alpha value is -4.47. The number of carbonyl (C=O) groups excluding carboxylic acids is 4. The Labute approximate surface area is 275 Å². The fourth-order valence-electron chi connectivity index (χ4n) is 7.24. The van der Waals surface area contributed by atoms with E-state index in [1.54, 1.807) is 23.8 Å². The van der Waals surface area contributed by atoms with Crippen molar-refractivity contribution in [2.45, 2.75) is 77.0 Å². The van der Waals surface area contributed by atoms with Crippen molar-refractivity contribution in [1.29, 1.82) is 0 Å². The Balaban J connectivity index is 1.32. The number of nitrogens with one attached hydrogen (secondary N) is 1. The number of ketones is 1. The van der Waals surface area contributed by atoms with Gasteiger partial charge in [0.05, 0.1) is 24.9 Å². The predicted molar refractivity (Wildman–Crippen MR) is 178 cm³/mol. The summed E-state index contributed by atoms with van der Waals surface area (Å²) in [5.74, 6) is 0.361. The number of hydrogen-bond acceptors (Lipinski definition) is 7. The molecule has 1 aliphatic carbocycles. The maximum Gasteiger partial charge on any atom is 0.243 e. The third kappa shape index (κ3) is 6.68. The van der Waals surface area contributed by atoms with Crippen LogP contribution in [0.25, 0.3) is 22.2 Å². The van der Waals surface area contributed by atoms with E-state index in [4.69, 9.17) is 14.5 Å². The molecule has 1 saturated carbocycles. The van der Waals surface area contributed by atoms with Gasteiger partial charge in [-0.1, -0.05) is 43.7 Å². The van der Waals surface area contributed by atoms with E-state index in [0.717, 1.165) is 35.9 Å². The highest BCUT2D eigenvalue weighted by Crippen LogP contribution is 2.48. The van der Waals surface area contributed by atoms with Crippen LogP contribution in [-0.2, 0) is 19.2 Å². The van der Waals surface area contributed by atoms with Crippen LogP contribution in [0.15, 0.2) is 54.6 Å². The molecule has 2 aromatic carbocycles. The molecule has 3 fully saturated rings. The summed E-state index contributed by atoms with van der Waals surface area (Å²) in [6.07, 6.45) is 3.36. The van der Waals surface area contributed by atoms with Crippen LogP contribution in [0.1, 0.15) is 59.3 Å². The van der Waals surface area contributed by atoms with Gasteiger partial charge in [-0.05, 0) is 50.7 Å². The number of ether oxygens (including phenoxy) is 2. The summed E-state index contributed by atoms with van der Waals surface area (Å²) < 4.78 is 12.1. The minimum absolute atomic E-state index is 0.0140. The third-order valence-electron chi connectivity index (χ3n) is 10.2. The van der Waals surface area contributed by atoms with Gasteiger partial charge in [-0.2, -0.15) is 0 Å². The van der Waals surface area contributed by atoms with Crippen molar-refractivity contribution in [2.24, 2.45) is 11.8 Å². The quantitative estimate of drug-likeness (QED) is 0.427. The first-order valence-corrected chi connectivity index (χ1v) is 16.7. The largest absolute Gasteiger partial charge is 0.497 e. The highest BCUT2D eigenvalue weighted by Gasteiger charge is 2.59. The zero-order chi connectivity index (χ0) is 33.3. The Morgan fingerprint density at radius 3 is 2.51 bits per heavy atom. The highest BCUT2D eigenvalue weighted by molar-refractivity contribution is 5.97. The van der Waals surface area contributed by atoms with E-state index < -0.39 is 23.6 Å². The lowest BCUT2D eigenvalue weighted by Gasteiger charge is -2.29. The van der Waals surface area contributed by atoms with Crippen LogP contribution in [0.4, 0.5) is 0 Å². The Bertz CT molecular complexity index is 1680. The molecule has 10 heteroatoms. The summed E-state index contributed by atoms with van der Waals surface area (Å²) in [6.45, 7) is 6.25. The number of amides is 3. The third-order valence-corrected chi connectivity index (χ3v) is 10.2. The van der Waals surface area contributed by atoms with Crippen LogP contribution in [-0.4, -0.2) is 82.7 Å². The topological polar surface area (TPSA) is 118 Å². The summed E-state index contributed by atoms with van der Waals surface area (Å²) in [6, 6.07) is 16.6. The van der Waals surface area contributed by atoms with Crippen molar-refractivity contribution in [1.82, 2.24) is 20.1 Å². The highest BCUT2D eigenvalue weighted by atomic mass is 16.5. The van der Waals surface area contributed by atoms with E-state index >= 15 is 0 Å². The number of benzene rings is 2. The summed E-state index contributed by atoms with van der Waals surface area (Å²) in [5, 5.41) is 3.89. The molecule has 0 bridgehead atoms. The van der Waals surface area contributed by atoms with E-state index in [0.29, 0.717) is 42.9 Å². The smallest absolute Gasteiger partial charge is 0.243 e. The second-order valence-electron chi connectivity index (χ2n) is 13.3. The molecule has 5 atom stereocenters. The van der Waals surface area contributed by atoms with E-state index in [1.807, 2.05) is 61.5 Å². The molecule has 248 valence electrons. The molecule has 0 spiro atoms. The number of nitrogens with zero attached hydrogens (tertiary/aromatic N) is 3. The number of pyridine rings is 1. The first-order valence-electron chi connectivity index (χ1n) is 16.7. The second kappa shape index (κ2) is 13.3. The van der Waals surface area contributed by atoms with Crippen LogP contribution in [0.2, 0.25) is 0 Å². The van der Waals surface area contributed by atoms with Gasteiger partial charge < -0.3 is 24.6 Å². The fourth-order valence-corrected chi connectivity index (χ4v) is 7.24. The second-order valence-corrected chi connectivity index (χ2v) is 13.3. The number of fused-ring (bicyclic) bond motifs is 3. The minimum Gasteiger partial charge on any atom is -0.497 e. The molecule has 47 heavy (non-hydrogen) atoms. The Kier molecular flexibility index (Phi) is 9.21. The molecule has 1 aromatic heterocycles. The van der Waals surface area contributed by atoms with Gasteiger partial charge in [-0.25, -0.2) is 4.98 Å². The number of hydrogen-bond donors (Lipinski definition) is 1. The molecular weight excluding hydrogens is 596 g/mol. The van der Waals surface area contributed by atoms with Gasteiger partial charge in [0.1, 0.15) is 29.2 Å². The molecule has 0 radical (unpaired) electrons. The average Bonchev–Trinajstić information content (AvgIpc) is 3.60. The lowest BCUT2D eigenvalue weighted by atomic mass is 10.0. The van der Waals surface area contributed by atoms with Gasteiger partial charge in [0.25, 0.3) is 0 Å². The van der Waals surface area contributed by atoms with Crippen molar-refractivity contribution in [3.05, 3.63) is 54.6 Å². The number of methoxy groups -OCH3 is 1. The van der Waals surface area contributed by atoms with Crippen LogP contribution >= 0.6 is 0 Å². The molecule has 1 N–H and O–H groups in total. The molecule has 10 nitrogen and oxygen atoms in total. The fraction of sp³-hybridized carbons (Fsp3) is 0.486. The summed E-state index contributed by atoms with van der Waals surface area (Å²) in [5.41, 5.74) is 1.46. The molecule has 1 unspecified atom stereocenters. The Morgan fingerprint density at radius 2 is 1.79 bits per heavy atom. The van der Waals surface area contributed by atoms with Gasteiger partial charge >= 0.3 is 0 Å². The van der Waals surface area contributed by atoms with E-state index in [1.165, 1.54) is 6.92 Å². The molecule has 3 aromatic rings. The summed E-state index contributed by atoms with van der Waals surface area (Å²) in [4.78, 5) is 61.6. The maximum absolute atomic E-state index is 14.0. The van der Waals surface area contributed by atoms with Gasteiger partial charge in [0.2, 0.25) is 17.7 Å². The van der Waals surface area contributed by atoms with Crippen molar-refractivity contribution >= 4 is 34.4 Å². The number of rotatable bonds is 5. The lowest BCUT2D eigenvalue weighted by Crippen LogP contribution is -2.53. The summed E-state index contributed by atoms with van der Waals surface area (Å²) in [7, 11) is 1.61. The molecule has 3 amide bonds. The van der Waals surface area contributed by atoms with Crippen LogP contribution in [0.3, 0.4) is 0 Å². The standard InChI is InChI=1S/C37H44N4O6/c1-23-15-17-40(25(3)43)16-9-8-12-27-21-37(27,24(2)42)39-35(44)33-19-29(22-41(33)36(23)45)47-34-20-31(26-10-6-5-7-11-26)38-32-18-28(46-4)13-14-30(32)34/h5-7,10-11,13-14,18,20,23,27,29,33H,8-9,12,15-17,19,21-22H2,1-4H3,(H,39,44)/t23-,27?,29+,33-,37-/m0/s1. The maximum atomic E-state index is 14.0. The Morgan fingerprint density at radius 1 is 1.00 bits per heavy atom. The number of carbonyl (C=O) groups is 4. The lowest BCUT2D eigenvalue weighted by molar-refractivity contribution is -0.142. The van der Waals surface area contributed by atoms with Gasteiger partial charge in [-0.15, -0.1) is 0 Å². The van der Waals surface area contributed by atoms with Gasteiger partial charge in [0.15, 0.2) is 5.78 Å². The molecule has 3 aliphatic rings. The normalized spacial score (nSPS) is 26.8. The van der Waals surface area contributed by atoms with Crippen molar-refractivity contribution < 1.29 is 28.7 Å². The number of Topliss-reactive ketones (excluding diaryl/α,β-unsaturated/α-hetero) is 1. The first-order chi connectivity index (χ1) is 22.6. The minimum atomic E-state index is -0.901. The van der Waals surface area contributed by atoms with Gasteiger partial charge in [-0.3, -0.25) is 19.2 Å². The van der Waals surface area contributed by atoms with Gasteiger partial charge in [0, 0.05) is 55.4 Å². The average molecular weight is 641 g/mol. The molecule has 2 saturated heterocycles. The zero-order valence-corrected chi connectivity index (χ0v) is 27.7. The SMILES string of the molecule is COc1ccc2c(O[C@@H]3C[C@H]4C(=O)N[C@]5(C(C)=O)CC5CCCCN(C(C)=O)CC[C@H](C)C(=O)N4C3)cc(-c3ccccc3)nc2c1. The zero-order valence-electron chi connectivity index (χ0n) is 27.7. The molecule has 2 aliphatic heterocycles. The van der Waals surface area contributed by atoms with E-state index in [-0.39, 0.29) is 42.4 Å². The van der Waals surface area contributed by atoms with Crippen molar-refractivity contribution in [3.63, 3.8) is 0 Å². The molecule has 3 heterocycles. The van der Waals surface area contributed by atoms with E-state index in [9.17, 15) is 19.2 Å².